The fourth-order valence-electron chi connectivity index (χ4n) is 9.50. The summed E-state index contributed by atoms with van der Waals surface area (Å²) in [4.78, 5) is 0. The lowest BCUT2D eigenvalue weighted by atomic mass is 9.95. The second-order valence-electron chi connectivity index (χ2n) is 17.3. The van der Waals surface area contributed by atoms with E-state index in [0.717, 1.165) is 44.2 Å². The number of furan rings is 1. The number of fused-ring (bicyclic) bond motifs is 6. The Morgan fingerprint density at radius 1 is 0.292 bits per heavy atom. The van der Waals surface area contributed by atoms with Crippen molar-refractivity contribution in [1.82, 2.24) is 4.57 Å². The molecule has 0 N–H and O–H groups in total. The van der Waals surface area contributed by atoms with Gasteiger partial charge in [-0.25, -0.2) is 0 Å². The summed E-state index contributed by atoms with van der Waals surface area (Å²) in [5, 5.41) is 2.32. The van der Waals surface area contributed by atoms with Crippen LogP contribution in [0.25, 0.3) is 105 Å². The van der Waals surface area contributed by atoms with E-state index >= 15 is 0 Å². The van der Waals surface area contributed by atoms with Crippen molar-refractivity contribution >= 4 is 43.7 Å². The average molecular weight is 986 g/mol. The van der Waals surface area contributed by atoms with Crippen molar-refractivity contribution < 1.29 is 57.1 Å². The van der Waals surface area contributed by atoms with Gasteiger partial charge in [-0.2, -0.15) is 52.7 Å². The van der Waals surface area contributed by atoms with Crippen LogP contribution in [0.5, 0.6) is 0 Å². The van der Waals surface area contributed by atoms with Gasteiger partial charge in [-0.15, -0.1) is 0 Å². The van der Waals surface area contributed by atoms with Crippen LogP contribution in [0, 0.1) is 0 Å². The maximum Gasteiger partial charge on any atom is 0.416 e. The number of alkyl halides is 12. The smallest absolute Gasteiger partial charge is 0.416 e. The van der Waals surface area contributed by atoms with Gasteiger partial charge >= 0.3 is 24.7 Å². The molecule has 72 heavy (non-hydrogen) atoms. The number of halogens is 12. The van der Waals surface area contributed by atoms with Crippen molar-refractivity contribution in [3.63, 3.8) is 0 Å². The van der Waals surface area contributed by atoms with Crippen LogP contribution in [0.3, 0.4) is 0 Å². The van der Waals surface area contributed by atoms with E-state index < -0.39 is 58.1 Å². The fourth-order valence-corrected chi connectivity index (χ4v) is 9.50. The molecule has 0 bridgehead atoms. The number of nitrogens with zero attached hydrogens (tertiary/aromatic N) is 1. The minimum Gasteiger partial charge on any atom is -0.456 e. The summed E-state index contributed by atoms with van der Waals surface area (Å²) in [6.45, 7) is 0. The molecule has 2 aromatic heterocycles. The van der Waals surface area contributed by atoms with E-state index in [4.69, 9.17) is 4.42 Å². The average Bonchev–Trinajstić information content (AvgIpc) is 3.90. The maximum absolute atomic E-state index is 14.1. The van der Waals surface area contributed by atoms with Gasteiger partial charge in [0.25, 0.3) is 0 Å². The molecule has 0 amide bonds. The van der Waals surface area contributed by atoms with Crippen LogP contribution >= 0.6 is 0 Å². The zero-order valence-corrected chi connectivity index (χ0v) is 36.8. The summed E-state index contributed by atoms with van der Waals surface area (Å²) >= 11 is 0. The standard InChI is InChI=1S/C58H31F12NO/c59-55(60,61)40-23-38(24-41(30-40)56(62,63)64)36-17-20-50-46(27-36)47-28-37(39-25-42(57(65,66)67)31-43(26-39)58(68,69)70)18-21-51(47)71(50)49-11-5-4-9-44(49)33-13-15-34(16-14-33)45-10-6-12-53-54(45)48-29-35(19-22-52(48)72-53)32-7-2-1-3-8-32/h1-31H. The number of para-hydroxylation sites is 1. The molecule has 0 saturated heterocycles. The molecule has 11 rings (SSSR count). The van der Waals surface area contributed by atoms with Gasteiger partial charge < -0.3 is 8.98 Å². The third kappa shape index (κ3) is 8.29. The van der Waals surface area contributed by atoms with Crippen LogP contribution < -0.4 is 0 Å². The fraction of sp³-hybridized carbons (Fsp3) is 0.0690. The van der Waals surface area contributed by atoms with Gasteiger partial charge in [0.1, 0.15) is 11.2 Å². The lowest BCUT2D eigenvalue weighted by Crippen LogP contribution is -2.11. The molecular formula is C58H31F12NO. The first-order valence-corrected chi connectivity index (χ1v) is 22.1. The first kappa shape index (κ1) is 46.1. The highest BCUT2D eigenvalue weighted by atomic mass is 19.4. The third-order valence-corrected chi connectivity index (χ3v) is 12.9. The molecule has 358 valence electrons. The zero-order valence-electron chi connectivity index (χ0n) is 36.8. The Morgan fingerprint density at radius 2 is 0.708 bits per heavy atom. The molecule has 0 radical (unpaired) electrons. The summed E-state index contributed by atoms with van der Waals surface area (Å²) in [6, 6.07) is 47.6. The van der Waals surface area contributed by atoms with Crippen LogP contribution in [0.1, 0.15) is 22.3 Å². The normalized spacial score (nSPS) is 12.7. The Bertz CT molecular complexity index is 3710. The minimum atomic E-state index is -5.15. The summed E-state index contributed by atoms with van der Waals surface area (Å²) in [6.07, 6.45) is -20.6. The second kappa shape index (κ2) is 16.7. The maximum atomic E-state index is 14.1. The Balaban J connectivity index is 1.08. The van der Waals surface area contributed by atoms with Crippen molar-refractivity contribution in [1.29, 1.82) is 0 Å². The molecule has 2 heterocycles. The van der Waals surface area contributed by atoms with E-state index in [0.29, 0.717) is 52.1 Å². The molecule has 0 atom stereocenters. The molecule has 0 fully saturated rings. The van der Waals surface area contributed by atoms with Gasteiger partial charge in [-0.3, -0.25) is 0 Å². The molecule has 0 aliphatic carbocycles. The van der Waals surface area contributed by atoms with E-state index in [2.05, 4.69) is 6.07 Å². The van der Waals surface area contributed by atoms with Crippen LogP contribution in [-0.4, -0.2) is 4.57 Å². The van der Waals surface area contributed by atoms with Crippen molar-refractivity contribution in [2.24, 2.45) is 0 Å². The van der Waals surface area contributed by atoms with Crippen LogP contribution in [0.2, 0.25) is 0 Å². The van der Waals surface area contributed by atoms with Gasteiger partial charge in [0, 0.05) is 27.1 Å². The SMILES string of the molecule is FC(F)(F)c1cc(-c2ccc3c(c2)c2cc(-c4cc(C(F)(F)F)cc(C(F)(F)F)c4)ccc2n3-c2ccccc2-c2ccc(-c3cccc4oc5ccc(-c6ccccc6)cc5c34)cc2)cc(C(F)(F)F)c1. The van der Waals surface area contributed by atoms with E-state index in [1.54, 1.807) is 22.8 Å². The summed E-state index contributed by atoms with van der Waals surface area (Å²) in [5.74, 6) is 0. The number of hydrogen-bond donors (Lipinski definition) is 0. The van der Waals surface area contributed by atoms with Crippen molar-refractivity contribution in [2.75, 3.05) is 0 Å². The number of hydrogen-bond acceptors (Lipinski definition) is 1. The summed E-state index contributed by atoms with van der Waals surface area (Å²) < 4.78 is 177. The molecule has 9 aromatic carbocycles. The molecule has 14 heteroatoms. The number of benzene rings is 9. The monoisotopic (exact) mass is 985 g/mol. The molecular weight excluding hydrogens is 955 g/mol. The van der Waals surface area contributed by atoms with Crippen LogP contribution in [0.15, 0.2) is 192 Å². The predicted octanol–water partition coefficient (Wildman–Crippen LogP) is 19.1. The molecule has 0 aliphatic rings. The van der Waals surface area contributed by atoms with Crippen molar-refractivity contribution in [3.05, 3.63) is 210 Å². The highest BCUT2D eigenvalue weighted by molar-refractivity contribution is 6.14. The molecule has 0 unspecified atom stereocenters. The van der Waals surface area contributed by atoms with Crippen LogP contribution in [-0.2, 0) is 24.7 Å². The number of aromatic nitrogens is 1. The quantitative estimate of drug-likeness (QED) is 0.152. The summed E-state index contributed by atoms with van der Waals surface area (Å²) in [7, 11) is 0. The van der Waals surface area contributed by atoms with Crippen molar-refractivity contribution in [2.45, 2.75) is 24.7 Å². The largest absolute Gasteiger partial charge is 0.456 e. The van der Waals surface area contributed by atoms with Crippen LogP contribution in [0.4, 0.5) is 52.7 Å². The molecule has 11 aromatic rings. The lowest BCUT2D eigenvalue weighted by Gasteiger charge is -2.16. The highest BCUT2D eigenvalue weighted by Gasteiger charge is 2.38. The Kier molecular flexibility index (Phi) is 10.7. The first-order valence-electron chi connectivity index (χ1n) is 22.1. The zero-order chi connectivity index (χ0) is 50.5. The van der Waals surface area contributed by atoms with Gasteiger partial charge in [-0.1, -0.05) is 103 Å². The highest BCUT2D eigenvalue weighted by Crippen LogP contribution is 2.45. The Morgan fingerprint density at radius 3 is 1.22 bits per heavy atom. The first-order chi connectivity index (χ1) is 34.2. The van der Waals surface area contributed by atoms with E-state index in [1.165, 1.54) is 36.4 Å². The van der Waals surface area contributed by atoms with Gasteiger partial charge in [-0.05, 0) is 135 Å². The lowest BCUT2D eigenvalue weighted by molar-refractivity contribution is -0.144. The Labute approximate surface area is 400 Å². The molecule has 0 aliphatic heterocycles. The van der Waals surface area contributed by atoms with Gasteiger partial charge in [0.15, 0.2) is 0 Å². The van der Waals surface area contributed by atoms with E-state index in [1.807, 2.05) is 91.0 Å². The summed E-state index contributed by atoms with van der Waals surface area (Å²) in [5.41, 5.74) is 0.808. The molecule has 2 nitrogen and oxygen atoms in total. The third-order valence-electron chi connectivity index (χ3n) is 12.9. The predicted molar refractivity (Wildman–Crippen MR) is 255 cm³/mol. The van der Waals surface area contributed by atoms with Crippen molar-refractivity contribution in [3.8, 4) is 61.3 Å². The number of rotatable bonds is 6. The van der Waals surface area contributed by atoms with Gasteiger partial charge in [0.05, 0.1) is 39.0 Å². The van der Waals surface area contributed by atoms with E-state index in [-0.39, 0.29) is 34.0 Å². The topological polar surface area (TPSA) is 18.1 Å². The molecule has 0 saturated carbocycles. The Hall–Kier alpha value is -8.26. The minimum absolute atomic E-state index is 0.00928. The van der Waals surface area contributed by atoms with E-state index in [9.17, 15) is 52.7 Å². The molecule has 0 spiro atoms. The van der Waals surface area contributed by atoms with Gasteiger partial charge in [0.2, 0.25) is 0 Å². The second-order valence-corrected chi connectivity index (χ2v) is 17.3.